The second-order valence-electron chi connectivity index (χ2n) is 3.04. The molecular weight excluding hydrogens is 180 g/mol. The van der Waals surface area contributed by atoms with Gasteiger partial charge in [-0.25, -0.2) is 0 Å². The summed E-state index contributed by atoms with van der Waals surface area (Å²) >= 11 is 0. The van der Waals surface area contributed by atoms with Gasteiger partial charge in [0.1, 0.15) is 0 Å². The van der Waals surface area contributed by atoms with Crippen LogP contribution in [-0.2, 0) is 21.7 Å². The maximum Gasteiger partial charge on any atom is 0 e. The predicted octanol–water partition coefficient (Wildman–Crippen LogP) is 3.17. The molecular formula is C11H11Ti-. The Kier molecular flexibility index (Phi) is 2.82. The van der Waals surface area contributed by atoms with E-state index in [1.807, 2.05) is 0 Å². The minimum absolute atomic E-state index is 0. The van der Waals surface area contributed by atoms with E-state index in [0.29, 0.717) is 0 Å². The van der Waals surface area contributed by atoms with Crippen LogP contribution in [0.3, 0.4) is 0 Å². The third kappa shape index (κ3) is 1.37. The Balaban J connectivity index is 0.000000720. The third-order valence-electron chi connectivity index (χ3n) is 2.33. The monoisotopic (exact) mass is 191 g/mol. The van der Waals surface area contributed by atoms with Gasteiger partial charge in [-0.15, -0.1) is 40.6 Å². The summed E-state index contributed by atoms with van der Waals surface area (Å²) in [7, 11) is 0. The molecule has 12 heavy (non-hydrogen) atoms. The maximum absolute atomic E-state index is 2.24. The summed E-state index contributed by atoms with van der Waals surface area (Å²) in [6.07, 6.45) is 0. The molecule has 60 valence electrons. The van der Waals surface area contributed by atoms with E-state index in [1.54, 1.807) is 0 Å². The van der Waals surface area contributed by atoms with E-state index in [-0.39, 0.29) is 21.7 Å². The van der Waals surface area contributed by atoms with Gasteiger partial charge in [0.2, 0.25) is 0 Å². The molecule has 1 heteroatoms. The van der Waals surface area contributed by atoms with E-state index < -0.39 is 0 Å². The third-order valence-corrected chi connectivity index (χ3v) is 2.33. The van der Waals surface area contributed by atoms with Crippen molar-refractivity contribution >= 4 is 10.8 Å². The van der Waals surface area contributed by atoms with E-state index >= 15 is 0 Å². The summed E-state index contributed by atoms with van der Waals surface area (Å²) in [6, 6.07) is 10.8. The molecule has 0 atom stereocenters. The van der Waals surface area contributed by atoms with E-state index in [4.69, 9.17) is 0 Å². The van der Waals surface area contributed by atoms with Crippen molar-refractivity contribution in [3.63, 3.8) is 0 Å². The molecule has 0 N–H and O–H groups in total. The molecule has 0 aromatic heterocycles. The topological polar surface area (TPSA) is 0 Å². The van der Waals surface area contributed by atoms with Gasteiger partial charge in [0.25, 0.3) is 0 Å². The Labute approximate surface area is 87.8 Å². The van der Waals surface area contributed by atoms with Crippen molar-refractivity contribution in [1.82, 2.24) is 0 Å². The van der Waals surface area contributed by atoms with Crippen molar-refractivity contribution in [2.45, 2.75) is 13.8 Å². The first-order chi connectivity index (χ1) is 5.29. The number of hydrogen-bond donors (Lipinski definition) is 0. The molecule has 0 nitrogen and oxygen atoms in total. The van der Waals surface area contributed by atoms with Gasteiger partial charge in [-0.05, 0) is 0 Å². The quantitative estimate of drug-likeness (QED) is 0.443. The summed E-state index contributed by atoms with van der Waals surface area (Å²) in [5, 5.41) is 2.76. The minimum Gasteiger partial charge on any atom is -0.154 e. The second kappa shape index (κ2) is 3.51. The Morgan fingerprint density at radius 3 is 2.42 bits per heavy atom. The van der Waals surface area contributed by atoms with Crippen molar-refractivity contribution < 1.29 is 21.7 Å². The molecule has 0 unspecified atom stereocenters. The van der Waals surface area contributed by atoms with Gasteiger partial charge >= 0.3 is 0 Å². The molecule has 0 bridgehead atoms. The van der Waals surface area contributed by atoms with Gasteiger partial charge in [0, 0.05) is 21.7 Å². The van der Waals surface area contributed by atoms with E-state index in [1.165, 1.54) is 21.9 Å². The van der Waals surface area contributed by atoms with Crippen LogP contribution in [-0.4, -0.2) is 0 Å². The molecule has 0 spiro atoms. The van der Waals surface area contributed by atoms with Crippen LogP contribution in [0.2, 0.25) is 0 Å². The van der Waals surface area contributed by atoms with Crippen LogP contribution in [0.5, 0.6) is 0 Å². The Bertz CT molecular complexity index is 385. The van der Waals surface area contributed by atoms with Crippen molar-refractivity contribution in [1.29, 1.82) is 0 Å². The zero-order chi connectivity index (χ0) is 7.84. The average Bonchev–Trinajstić information content (AvgIpc) is 2.30. The predicted molar refractivity (Wildman–Crippen MR) is 49.0 cm³/mol. The van der Waals surface area contributed by atoms with E-state index in [0.717, 1.165) is 0 Å². The van der Waals surface area contributed by atoms with Crippen LogP contribution in [0.15, 0.2) is 30.3 Å². The van der Waals surface area contributed by atoms with Gasteiger partial charge in [-0.2, -0.15) is 5.56 Å². The first kappa shape index (κ1) is 9.63. The smallest absolute Gasteiger partial charge is 0 e. The molecule has 0 fully saturated rings. The zero-order valence-electron chi connectivity index (χ0n) is 7.39. The molecule has 0 saturated carbocycles. The second-order valence-corrected chi connectivity index (χ2v) is 3.04. The largest absolute Gasteiger partial charge is 0.154 e. The molecule has 0 amide bonds. The van der Waals surface area contributed by atoms with Gasteiger partial charge in [-0.3, -0.25) is 0 Å². The number of fused-ring (bicyclic) bond motifs is 1. The van der Waals surface area contributed by atoms with Crippen molar-refractivity contribution in [3.05, 3.63) is 41.5 Å². The molecule has 0 aliphatic heterocycles. The SMILES string of the molecule is Cc1[cH-]c2ccccc2c1C.[Ti]. The molecule has 0 saturated heterocycles. The first-order valence-corrected chi connectivity index (χ1v) is 3.90. The van der Waals surface area contributed by atoms with E-state index in [9.17, 15) is 0 Å². The summed E-state index contributed by atoms with van der Waals surface area (Å²) < 4.78 is 0. The van der Waals surface area contributed by atoms with Gasteiger partial charge in [0.15, 0.2) is 0 Å². The van der Waals surface area contributed by atoms with Crippen molar-refractivity contribution in [2.24, 2.45) is 0 Å². The normalized spacial score (nSPS) is 9.83. The Morgan fingerprint density at radius 2 is 1.75 bits per heavy atom. The van der Waals surface area contributed by atoms with Gasteiger partial charge in [-0.1, -0.05) is 19.9 Å². The number of hydrogen-bond acceptors (Lipinski definition) is 0. The Morgan fingerprint density at radius 1 is 1.08 bits per heavy atom. The molecule has 0 aliphatic carbocycles. The summed E-state index contributed by atoms with van der Waals surface area (Å²) in [5.74, 6) is 0. The van der Waals surface area contributed by atoms with E-state index in [2.05, 4.69) is 44.2 Å². The fraction of sp³-hybridized carbons (Fsp3) is 0.182. The number of benzene rings is 1. The molecule has 2 aromatic carbocycles. The summed E-state index contributed by atoms with van der Waals surface area (Å²) in [4.78, 5) is 0. The zero-order valence-corrected chi connectivity index (χ0v) is 8.95. The molecule has 0 aliphatic rings. The summed E-state index contributed by atoms with van der Waals surface area (Å²) in [6.45, 7) is 4.34. The fourth-order valence-corrected chi connectivity index (χ4v) is 1.52. The van der Waals surface area contributed by atoms with Gasteiger partial charge < -0.3 is 0 Å². The van der Waals surface area contributed by atoms with Crippen molar-refractivity contribution in [2.75, 3.05) is 0 Å². The number of rotatable bonds is 0. The van der Waals surface area contributed by atoms with Gasteiger partial charge in [0.05, 0.1) is 0 Å². The fourth-order valence-electron chi connectivity index (χ4n) is 1.52. The summed E-state index contributed by atoms with van der Waals surface area (Å²) in [5.41, 5.74) is 2.81. The average molecular weight is 191 g/mol. The molecule has 0 heterocycles. The standard InChI is InChI=1S/C11H11.Ti/c1-8-7-10-5-3-4-6-11(10)9(8)2;/h3-7H,1-2H3;/q-1;. The van der Waals surface area contributed by atoms with Crippen LogP contribution in [0, 0.1) is 13.8 Å². The van der Waals surface area contributed by atoms with Crippen LogP contribution in [0.25, 0.3) is 10.8 Å². The first-order valence-electron chi connectivity index (χ1n) is 3.90. The van der Waals surface area contributed by atoms with Crippen molar-refractivity contribution in [3.8, 4) is 0 Å². The molecule has 2 rings (SSSR count). The molecule has 0 radical (unpaired) electrons. The minimum atomic E-state index is 0. The maximum atomic E-state index is 2.24. The van der Waals surface area contributed by atoms with Crippen LogP contribution < -0.4 is 0 Å². The van der Waals surface area contributed by atoms with Crippen LogP contribution in [0.1, 0.15) is 11.1 Å². The number of aryl methyl sites for hydroxylation is 2. The van der Waals surface area contributed by atoms with Crippen LogP contribution in [0.4, 0.5) is 0 Å². The Hall–Kier alpha value is -0.456. The molecule has 2 aromatic rings. The van der Waals surface area contributed by atoms with Crippen LogP contribution >= 0.6 is 0 Å².